The third-order valence-electron chi connectivity index (χ3n) is 3.02. The molecule has 0 radical (unpaired) electrons. The van der Waals surface area contributed by atoms with Crippen molar-refractivity contribution in [3.05, 3.63) is 22.7 Å². The topological polar surface area (TPSA) is 81.8 Å². The molecule has 0 saturated heterocycles. The van der Waals surface area contributed by atoms with Gasteiger partial charge >= 0.3 is 5.97 Å². The van der Waals surface area contributed by atoms with Gasteiger partial charge in [-0.1, -0.05) is 11.6 Å². The first-order valence-corrected chi connectivity index (χ1v) is 8.25. The lowest BCUT2D eigenvalue weighted by atomic mass is 10.2. The predicted octanol–water partition coefficient (Wildman–Crippen LogP) is 2.54. The Bertz CT molecular complexity index is 512. The maximum atomic E-state index is 10.6. The van der Waals surface area contributed by atoms with E-state index < -0.39 is 12.0 Å². The molecular weight excluding hydrogens is 314 g/mol. The van der Waals surface area contributed by atoms with Crippen molar-refractivity contribution in [1.82, 2.24) is 0 Å². The second kappa shape index (κ2) is 7.77. The number of carboxylic acids is 1. The van der Waals surface area contributed by atoms with Crippen molar-refractivity contribution in [2.45, 2.75) is 24.6 Å². The van der Waals surface area contributed by atoms with Gasteiger partial charge in [0.25, 0.3) is 0 Å². The van der Waals surface area contributed by atoms with E-state index in [1.165, 1.54) is 0 Å². The molecule has 3 N–H and O–H groups in total. The maximum absolute atomic E-state index is 10.6. The number of rotatable bonds is 6. The van der Waals surface area contributed by atoms with Gasteiger partial charge in [-0.25, -0.2) is 0 Å². The molecular formula is C14H18ClNO4S. The summed E-state index contributed by atoms with van der Waals surface area (Å²) in [6.45, 7) is 1.22. The molecule has 0 saturated carbocycles. The Balaban J connectivity index is 1.91. The number of hydrogen-bond acceptors (Lipinski definition) is 5. The molecule has 1 aliphatic heterocycles. The van der Waals surface area contributed by atoms with Crippen LogP contribution < -0.4 is 15.2 Å². The average Bonchev–Trinajstić information content (AvgIpc) is 2.69. The molecule has 0 spiro atoms. The standard InChI is InChI=1S/C14H18ClNO4S/c15-10-6-9(8-21-5-2-11(16)14(17)18)7-12-13(10)20-4-1-3-19-12/h6-7,11H,1-5,8,16H2,(H,17,18). The van der Waals surface area contributed by atoms with Gasteiger partial charge < -0.3 is 20.3 Å². The summed E-state index contributed by atoms with van der Waals surface area (Å²) in [5.74, 6) is 1.73. The van der Waals surface area contributed by atoms with Gasteiger partial charge in [0, 0.05) is 12.2 Å². The fraction of sp³-hybridized carbons (Fsp3) is 0.500. The molecule has 1 unspecified atom stereocenters. The zero-order valence-electron chi connectivity index (χ0n) is 11.5. The molecule has 7 heteroatoms. The van der Waals surface area contributed by atoms with Crippen LogP contribution >= 0.6 is 23.4 Å². The molecule has 116 valence electrons. The summed E-state index contributed by atoms with van der Waals surface area (Å²) in [4.78, 5) is 10.6. The van der Waals surface area contributed by atoms with Crippen LogP contribution in [0.15, 0.2) is 12.1 Å². The highest BCUT2D eigenvalue weighted by atomic mass is 35.5. The number of nitrogens with two attached hydrogens (primary N) is 1. The van der Waals surface area contributed by atoms with Gasteiger partial charge in [-0.3, -0.25) is 4.79 Å². The molecule has 1 heterocycles. The van der Waals surface area contributed by atoms with Crippen molar-refractivity contribution in [2.24, 2.45) is 5.73 Å². The third-order valence-corrected chi connectivity index (χ3v) is 4.36. The summed E-state index contributed by atoms with van der Waals surface area (Å²) >= 11 is 7.83. The molecule has 5 nitrogen and oxygen atoms in total. The van der Waals surface area contributed by atoms with Crippen LogP contribution in [0.2, 0.25) is 5.02 Å². The smallest absolute Gasteiger partial charge is 0.320 e. The molecule has 0 aromatic heterocycles. The van der Waals surface area contributed by atoms with Gasteiger partial charge in [0.15, 0.2) is 11.5 Å². The van der Waals surface area contributed by atoms with Crippen LogP contribution in [0.4, 0.5) is 0 Å². The number of halogens is 1. The molecule has 1 atom stereocenters. The summed E-state index contributed by atoms with van der Waals surface area (Å²) < 4.78 is 11.2. The van der Waals surface area contributed by atoms with Crippen LogP contribution in [0.1, 0.15) is 18.4 Å². The summed E-state index contributed by atoms with van der Waals surface area (Å²) in [6, 6.07) is 2.99. The van der Waals surface area contributed by atoms with Crippen molar-refractivity contribution < 1.29 is 19.4 Å². The van der Waals surface area contributed by atoms with Crippen LogP contribution in [0, 0.1) is 0 Å². The van der Waals surface area contributed by atoms with Crippen LogP contribution in [0.3, 0.4) is 0 Å². The maximum Gasteiger partial charge on any atom is 0.320 e. The van der Waals surface area contributed by atoms with E-state index in [1.807, 2.05) is 12.1 Å². The minimum absolute atomic E-state index is 0.443. The Kier molecular flexibility index (Phi) is 6.02. The summed E-state index contributed by atoms with van der Waals surface area (Å²) in [6.07, 6.45) is 1.28. The summed E-state index contributed by atoms with van der Waals surface area (Å²) in [5, 5.41) is 9.26. The number of carboxylic acid groups (broad SMARTS) is 1. The number of aliphatic carboxylic acids is 1. The van der Waals surface area contributed by atoms with Crippen LogP contribution in [-0.4, -0.2) is 36.1 Å². The second-order valence-corrected chi connectivity index (χ2v) is 6.25. The van der Waals surface area contributed by atoms with E-state index >= 15 is 0 Å². The molecule has 1 aromatic carbocycles. The highest BCUT2D eigenvalue weighted by molar-refractivity contribution is 7.98. The Hall–Kier alpha value is -1.11. The normalized spacial score (nSPS) is 15.3. The molecule has 0 amide bonds. The highest BCUT2D eigenvalue weighted by Gasteiger charge is 2.16. The fourth-order valence-corrected chi connectivity index (χ4v) is 3.15. The molecule has 21 heavy (non-hydrogen) atoms. The van der Waals surface area contributed by atoms with E-state index in [1.54, 1.807) is 11.8 Å². The van der Waals surface area contributed by atoms with Crippen molar-refractivity contribution in [3.8, 4) is 11.5 Å². The Morgan fingerprint density at radius 2 is 2.19 bits per heavy atom. The SMILES string of the molecule is NC(CCSCc1cc(Cl)c2c(c1)OCCCO2)C(=O)O. The van der Waals surface area contributed by atoms with Gasteiger partial charge in [-0.2, -0.15) is 11.8 Å². The minimum Gasteiger partial charge on any atom is -0.489 e. The lowest BCUT2D eigenvalue weighted by Gasteiger charge is -2.11. The van der Waals surface area contributed by atoms with Gasteiger partial charge in [-0.05, 0) is 29.9 Å². The molecule has 0 bridgehead atoms. The van der Waals surface area contributed by atoms with Crippen molar-refractivity contribution in [1.29, 1.82) is 0 Å². The molecule has 1 aliphatic rings. The number of ether oxygens (including phenoxy) is 2. The number of fused-ring (bicyclic) bond motifs is 1. The lowest BCUT2D eigenvalue weighted by molar-refractivity contribution is -0.138. The largest absolute Gasteiger partial charge is 0.489 e. The van der Waals surface area contributed by atoms with Gasteiger partial charge in [-0.15, -0.1) is 0 Å². The molecule has 0 fully saturated rings. The van der Waals surface area contributed by atoms with E-state index in [4.69, 9.17) is 31.9 Å². The van der Waals surface area contributed by atoms with E-state index in [9.17, 15) is 4.79 Å². The predicted molar refractivity (Wildman–Crippen MR) is 83.4 cm³/mol. The van der Waals surface area contributed by atoms with Gasteiger partial charge in [0.2, 0.25) is 0 Å². The van der Waals surface area contributed by atoms with E-state index in [0.29, 0.717) is 41.9 Å². The monoisotopic (exact) mass is 331 g/mol. The molecule has 1 aromatic rings. The quantitative estimate of drug-likeness (QED) is 0.780. The first-order valence-electron chi connectivity index (χ1n) is 6.72. The van der Waals surface area contributed by atoms with Gasteiger partial charge in [0.1, 0.15) is 6.04 Å². The zero-order chi connectivity index (χ0) is 15.2. The number of thioether (sulfide) groups is 1. The number of carbonyl (C=O) groups is 1. The fourth-order valence-electron chi connectivity index (χ4n) is 1.89. The number of hydrogen-bond donors (Lipinski definition) is 2. The highest BCUT2D eigenvalue weighted by Crippen LogP contribution is 2.38. The first-order chi connectivity index (χ1) is 10.1. The van der Waals surface area contributed by atoms with Gasteiger partial charge in [0.05, 0.1) is 18.2 Å². The van der Waals surface area contributed by atoms with Crippen molar-refractivity contribution in [3.63, 3.8) is 0 Å². The molecule has 0 aliphatic carbocycles. The van der Waals surface area contributed by atoms with Crippen molar-refractivity contribution in [2.75, 3.05) is 19.0 Å². The lowest BCUT2D eigenvalue weighted by Crippen LogP contribution is -2.30. The Morgan fingerprint density at radius 3 is 2.95 bits per heavy atom. The van der Waals surface area contributed by atoms with E-state index in [-0.39, 0.29) is 0 Å². The summed E-state index contributed by atoms with van der Waals surface area (Å²) in [5.41, 5.74) is 6.48. The summed E-state index contributed by atoms with van der Waals surface area (Å²) in [7, 11) is 0. The van der Waals surface area contributed by atoms with E-state index in [2.05, 4.69) is 0 Å². The third kappa shape index (κ3) is 4.69. The Labute approximate surface area is 132 Å². The van der Waals surface area contributed by atoms with Crippen LogP contribution in [0.25, 0.3) is 0 Å². The van der Waals surface area contributed by atoms with Crippen LogP contribution in [0.5, 0.6) is 11.5 Å². The van der Waals surface area contributed by atoms with Crippen LogP contribution in [-0.2, 0) is 10.5 Å². The minimum atomic E-state index is -0.964. The molecule has 2 rings (SSSR count). The van der Waals surface area contributed by atoms with Crippen molar-refractivity contribution >= 4 is 29.3 Å². The first kappa shape index (κ1) is 16.3. The number of benzene rings is 1. The average molecular weight is 332 g/mol. The zero-order valence-corrected chi connectivity index (χ0v) is 13.1. The van der Waals surface area contributed by atoms with E-state index in [0.717, 1.165) is 17.7 Å². The second-order valence-electron chi connectivity index (χ2n) is 4.74. The Morgan fingerprint density at radius 1 is 1.43 bits per heavy atom.